The van der Waals surface area contributed by atoms with Gasteiger partial charge in [0.05, 0.1) is 11.3 Å². The molecule has 0 aliphatic rings. The van der Waals surface area contributed by atoms with E-state index in [2.05, 4.69) is 10.3 Å². The zero-order chi connectivity index (χ0) is 13.3. The molecule has 94 valence electrons. The SMILES string of the molecule is Cn1cnc(I)c1C(=O)Nc1ccc(F)c(Cl)c1. The molecule has 2 rings (SSSR count). The van der Waals surface area contributed by atoms with E-state index in [-0.39, 0.29) is 10.9 Å². The lowest BCUT2D eigenvalue weighted by molar-refractivity contribution is 0.101. The second-order valence-electron chi connectivity index (χ2n) is 3.58. The van der Waals surface area contributed by atoms with Crippen LogP contribution in [-0.2, 0) is 7.05 Å². The number of aryl methyl sites for hydroxylation is 1. The van der Waals surface area contributed by atoms with Gasteiger partial charge in [0.2, 0.25) is 0 Å². The molecule has 0 aliphatic heterocycles. The van der Waals surface area contributed by atoms with Gasteiger partial charge in [-0.15, -0.1) is 0 Å². The second kappa shape index (κ2) is 5.23. The third-order valence-corrected chi connectivity index (χ3v) is 3.36. The van der Waals surface area contributed by atoms with Crippen molar-refractivity contribution < 1.29 is 9.18 Å². The molecule has 18 heavy (non-hydrogen) atoms. The Hall–Kier alpha value is -1.15. The average molecular weight is 380 g/mol. The van der Waals surface area contributed by atoms with Gasteiger partial charge in [0.15, 0.2) is 0 Å². The molecule has 0 spiro atoms. The lowest BCUT2D eigenvalue weighted by atomic mass is 10.3. The van der Waals surface area contributed by atoms with Gasteiger partial charge < -0.3 is 9.88 Å². The van der Waals surface area contributed by atoms with E-state index in [4.69, 9.17) is 11.6 Å². The molecule has 1 amide bonds. The topological polar surface area (TPSA) is 46.9 Å². The fourth-order valence-electron chi connectivity index (χ4n) is 1.42. The van der Waals surface area contributed by atoms with Gasteiger partial charge in [-0.2, -0.15) is 0 Å². The molecule has 0 aliphatic carbocycles. The third-order valence-electron chi connectivity index (χ3n) is 2.28. The maximum atomic E-state index is 13.0. The van der Waals surface area contributed by atoms with E-state index in [1.54, 1.807) is 17.9 Å². The van der Waals surface area contributed by atoms with Crippen molar-refractivity contribution in [2.45, 2.75) is 0 Å². The normalized spacial score (nSPS) is 10.4. The smallest absolute Gasteiger partial charge is 0.275 e. The average Bonchev–Trinajstić information content (AvgIpc) is 2.64. The molecule has 1 aromatic heterocycles. The van der Waals surface area contributed by atoms with E-state index in [0.29, 0.717) is 15.1 Å². The van der Waals surface area contributed by atoms with Crippen molar-refractivity contribution in [1.29, 1.82) is 0 Å². The van der Waals surface area contributed by atoms with Gasteiger partial charge in [-0.05, 0) is 40.8 Å². The number of nitrogens with zero attached hydrogens (tertiary/aromatic N) is 2. The predicted molar refractivity (Wildman–Crippen MR) is 75.3 cm³/mol. The van der Waals surface area contributed by atoms with Crippen molar-refractivity contribution in [2.24, 2.45) is 7.05 Å². The zero-order valence-electron chi connectivity index (χ0n) is 9.25. The fraction of sp³-hybridized carbons (Fsp3) is 0.0909. The molecule has 4 nitrogen and oxygen atoms in total. The monoisotopic (exact) mass is 379 g/mol. The number of carbonyl (C=O) groups excluding carboxylic acids is 1. The summed E-state index contributed by atoms with van der Waals surface area (Å²) in [4.78, 5) is 16.0. The van der Waals surface area contributed by atoms with Gasteiger partial charge in [-0.3, -0.25) is 4.79 Å². The zero-order valence-corrected chi connectivity index (χ0v) is 12.2. The molecule has 0 fully saturated rings. The minimum absolute atomic E-state index is 0.0347. The summed E-state index contributed by atoms with van der Waals surface area (Å²) in [7, 11) is 1.72. The van der Waals surface area contributed by atoms with Gasteiger partial charge in [0, 0.05) is 12.7 Å². The molecular weight excluding hydrogens is 371 g/mol. The number of carbonyl (C=O) groups is 1. The van der Waals surface area contributed by atoms with E-state index < -0.39 is 5.82 Å². The Morgan fingerprint density at radius 1 is 1.56 bits per heavy atom. The summed E-state index contributed by atoms with van der Waals surface area (Å²) < 4.78 is 15.2. The first-order valence-corrected chi connectivity index (χ1v) is 6.38. The van der Waals surface area contributed by atoms with Crippen molar-refractivity contribution in [3.63, 3.8) is 0 Å². The molecular formula is C11H8ClFIN3O. The van der Waals surface area contributed by atoms with Gasteiger partial charge in [-0.1, -0.05) is 11.6 Å². The summed E-state index contributed by atoms with van der Waals surface area (Å²) in [5.74, 6) is -0.841. The van der Waals surface area contributed by atoms with Crippen molar-refractivity contribution in [2.75, 3.05) is 5.32 Å². The number of amides is 1. The summed E-state index contributed by atoms with van der Waals surface area (Å²) in [6, 6.07) is 4.01. The fourth-order valence-corrected chi connectivity index (χ4v) is 2.35. The first-order valence-electron chi connectivity index (χ1n) is 4.92. The number of rotatable bonds is 2. The van der Waals surface area contributed by atoms with Crippen LogP contribution in [-0.4, -0.2) is 15.5 Å². The van der Waals surface area contributed by atoms with Gasteiger partial charge in [0.25, 0.3) is 5.91 Å². The van der Waals surface area contributed by atoms with E-state index >= 15 is 0 Å². The molecule has 2 aromatic rings. The molecule has 0 atom stereocenters. The number of hydrogen-bond acceptors (Lipinski definition) is 2. The lowest BCUT2D eigenvalue weighted by Crippen LogP contribution is -2.16. The largest absolute Gasteiger partial charge is 0.329 e. The molecule has 7 heteroatoms. The number of aromatic nitrogens is 2. The molecule has 0 saturated heterocycles. The maximum absolute atomic E-state index is 13.0. The van der Waals surface area contributed by atoms with Gasteiger partial charge in [-0.25, -0.2) is 9.37 Å². The van der Waals surface area contributed by atoms with Crippen molar-refractivity contribution >= 4 is 45.8 Å². The molecule has 1 heterocycles. The predicted octanol–water partition coefficient (Wildman–Crippen LogP) is 3.07. The Kier molecular flexibility index (Phi) is 3.86. The standard InChI is InChI=1S/C11H8ClFIN3O/c1-17-5-15-10(14)9(17)11(18)16-6-2-3-8(13)7(12)4-6/h2-5H,1H3,(H,16,18). The maximum Gasteiger partial charge on any atom is 0.275 e. The number of hydrogen-bond donors (Lipinski definition) is 1. The Labute approximate surface area is 121 Å². The van der Waals surface area contributed by atoms with Crippen LogP contribution < -0.4 is 5.32 Å². The molecule has 1 N–H and O–H groups in total. The van der Waals surface area contributed by atoms with Gasteiger partial charge >= 0.3 is 0 Å². The first-order chi connectivity index (χ1) is 8.49. The highest BCUT2D eigenvalue weighted by molar-refractivity contribution is 14.1. The summed E-state index contributed by atoms with van der Waals surface area (Å²) in [6.07, 6.45) is 1.55. The lowest BCUT2D eigenvalue weighted by Gasteiger charge is -2.06. The van der Waals surface area contributed by atoms with E-state index in [1.165, 1.54) is 18.2 Å². The minimum atomic E-state index is -0.523. The summed E-state index contributed by atoms with van der Waals surface area (Å²) in [6.45, 7) is 0. The van der Waals surface area contributed by atoms with Crippen LogP contribution >= 0.6 is 34.2 Å². The molecule has 1 aromatic carbocycles. The van der Waals surface area contributed by atoms with Crippen molar-refractivity contribution in [3.8, 4) is 0 Å². The third kappa shape index (κ3) is 2.64. The highest BCUT2D eigenvalue weighted by atomic mass is 127. The van der Waals surface area contributed by atoms with Crippen LogP contribution in [0.4, 0.5) is 10.1 Å². The van der Waals surface area contributed by atoms with Crippen LogP contribution in [0.2, 0.25) is 5.02 Å². The van der Waals surface area contributed by atoms with Crippen LogP contribution in [0.5, 0.6) is 0 Å². The van der Waals surface area contributed by atoms with E-state index in [9.17, 15) is 9.18 Å². The van der Waals surface area contributed by atoms with Crippen LogP contribution in [0.1, 0.15) is 10.5 Å². The molecule has 0 unspecified atom stereocenters. The van der Waals surface area contributed by atoms with Crippen LogP contribution in [0.3, 0.4) is 0 Å². The number of nitrogens with one attached hydrogen (secondary N) is 1. The highest BCUT2D eigenvalue weighted by Crippen LogP contribution is 2.20. The highest BCUT2D eigenvalue weighted by Gasteiger charge is 2.15. The quantitative estimate of drug-likeness (QED) is 0.815. The van der Waals surface area contributed by atoms with Crippen LogP contribution in [0, 0.1) is 9.52 Å². The molecule has 0 bridgehead atoms. The Bertz CT molecular complexity index is 595. The minimum Gasteiger partial charge on any atom is -0.329 e. The van der Waals surface area contributed by atoms with Gasteiger partial charge in [0.1, 0.15) is 15.2 Å². The van der Waals surface area contributed by atoms with E-state index in [1.807, 2.05) is 22.6 Å². The Balaban J connectivity index is 2.24. The van der Waals surface area contributed by atoms with Crippen molar-refractivity contribution in [1.82, 2.24) is 9.55 Å². The van der Waals surface area contributed by atoms with Crippen molar-refractivity contribution in [3.05, 3.63) is 44.8 Å². The number of imidazole rings is 1. The molecule has 0 radical (unpaired) electrons. The summed E-state index contributed by atoms with van der Waals surface area (Å²) in [5, 5.41) is 2.60. The van der Waals surface area contributed by atoms with Crippen LogP contribution in [0.25, 0.3) is 0 Å². The van der Waals surface area contributed by atoms with Crippen LogP contribution in [0.15, 0.2) is 24.5 Å². The molecule has 0 saturated carbocycles. The summed E-state index contributed by atoms with van der Waals surface area (Å²) in [5.41, 5.74) is 0.874. The number of halogens is 3. The first kappa shape index (κ1) is 13.3. The number of benzene rings is 1. The summed E-state index contributed by atoms with van der Waals surface area (Å²) >= 11 is 7.61. The van der Waals surface area contributed by atoms with E-state index in [0.717, 1.165) is 0 Å². The number of anilines is 1. The Morgan fingerprint density at radius 3 is 2.83 bits per heavy atom. The second-order valence-corrected chi connectivity index (χ2v) is 5.01. The Morgan fingerprint density at radius 2 is 2.28 bits per heavy atom.